The first-order valence-electron chi connectivity index (χ1n) is 10.3. The van der Waals surface area contributed by atoms with Crippen molar-refractivity contribution in [2.45, 2.75) is 37.8 Å². The third kappa shape index (κ3) is 5.75. The van der Waals surface area contributed by atoms with Crippen molar-refractivity contribution < 1.29 is 14.3 Å². The van der Waals surface area contributed by atoms with Crippen LogP contribution in [0.2, 0.25) is 0 Å². The second kappa shape index (κ2) is 10.5. The van der Waals surface area contributed by atoms with E-state index in [4.69, 9.17) is 4.74 Å². The van der Waals surface area contributed by atoms with E-state index in [0.29, 0.717) is 36.7 Å². The average Bonchev–Trinajstić information content (AvgIpc) is 2.77. The number of rotatable bonds is 7. The van der Waals surface area contributed by atoms with E-state index in [-0.39, 0.29) is 17.9 Å². The second-order valence-corrected chi connectivity index (χ2v) is 8.49. The quantitative estimate of drug-likeness (QED) is 0.679. The van der Waals surface area contributed by atoms with Crippen LogP contribution in [0.25, 0.3) is 0 Å². The van der Waals surface area contributed by atoms with Crippen LogP contribution in [0.5, 0.6) is 5.75 Å². The summed E-state index contributed by atoms with van der Waals surface area (Å²) in [4.78, 5) is 31.4. The Hall–Kier alpha value is -2.54. The summed E-state index contributed by atoms with van der Waals surface area (Å²) in [6.07, 6.45) is 5.50. The van der Waals surface area contributed by atoms with Crippen molar-refractivity contribution in [3.8, 4) is 5.75 Å². The zero-order chi connectivity index (χ0) is 21.5. The highest BCUT2D eigenvalue weighted by Gasteiger charge is 2.25. The maximum atomic E-state index is 12.8. The lowest BCUT2D eigenvalue weighted by Crippen LogP contribution is -2.41. The summed E-state index contributed by atoms with van der Waals surface area (Å²) in [5.41, 5.74) is 1.29. The Morgan fingerprint density at radius 3 is 2.53 bits per heavy atom. The van der Waals surface area contributed by atoms with Crippen molar-refractivity contribution in [1.82, 2.24) is 15.2 Å². The Labute approximate surface area is 182 Å². The number of piperidine rings is 1. The van der Waals surface area contributed by atoms with E-state index in [9.17, 15) is 9.59 Å². The zero-order valence-electron chi connectivity index (χ0n) is 17.8. The van der Waals surface area contributed by atoms with Gasteiger partial charge in [-0.3, -0.25) is 9.59 Å². The van der Waals surface area contributed by atoms with Crippen LogP contribution in [0.1, 0.15) is 47.4 Å². The topological polar surface area (TPSA) is 71.5 Å². The van der Waals surface area contributed by atoms with Crippen LogP contribution < -0.4 is 10.1 Å². The van der Waals surface area contributed by atoms with Gasteiger partial charge in [-0.1, -0.05) is 0 Å². The van der Waals surface area contributed by atoms with Crippen molar-refractivity contribution in [3.63, 3.8) is 0 Å². The van der Waals surface area contributed by atoms with Crippen LogP contribution in [0, 0.1) is 5.92 Å². The summed E-state index contributed by atoms with van der Waals surface area (Å²) in [6.45, 7) is 5.95. The molecule has 0 atom stereocenters. The molecular weight excluding hydrogens is 398 g/mol. The van der Waals surface area contributed by atoms with Crippen LogP contribution in [-0.2, 0) is 0 Å². The molecule has 3 rings (SSSR count). The SMILES string of the molecule is CSc1ncccc1C(=O)N1CCC(CNC(=O)c2ccc(OC(C)C)cc2)CC1. The van der Waals surface area contributed by atoms with Crippen LogP contribution in [0.4, 0.5) is 0 Å². The van der Waals surface area contributed by atoms with Gasteiger partial charge in [-0.05, 0) is 75.3 Å². The van der Waals surface area contributed by atoms with Gasteiger partial charge in [0.2, 0.25) is 0 Å². The van der Waals surface area contributed by atoms with Gasteiger partial charge in [0.25, 0.3) is 11.8 Å². The summed E-state index contributed by atoms with van der Waals surface area (Å²) in [5.74, 6) is 1.09. The Morgan fingerprint density at radius 1 is 1.20 bits per heavy atom. The molecule has 0 spiro atoms. The molecule has 1 aliphatic heterocycles. The molecule has 1 N–H and O–H groups in total. The van der Waals surface area contributed by atoms with E-state index < -0.39 is 0 Å². The predicted molar refractivity (Wildman–Crippen MR) is 119 cm³/mol. The molecule has 0 bridgehead atoms. The fourth-order valence-electron chi connectivity index (χ4n) is 3.52. The van der Waals surface area contributed by atoms with E-state index in [2.05, 4.69) is 10.3 Å². The third-order valence-corrected chi connectivity index (χ3v) is 5.85. The monoisotopic (exact) mass is 427 g/mol. The molecule has 160 valence electrons. The number of benzene rings is 1. The lowest BCUT2D eigenvalue weighted by Gasteiger charge is -2.32. The molecule has 0 aliphatic carbocycles. The molecule has 2 amide bonds. The number of carbonyl (C=O) groups excluding carboxylic acids is 2. The van der Waals surface area contributed by atoms with Crippen LogP contribution in [-0.4, -0.2) is 53.7 Å². The number of ether oxygens (including phenoxy) is 1. The van der Waals surface area contributed by atoms with Gasteiger partial charge in [0.15, 0.2) is 0 Å². The molecule has 0 unspecified atom stereocenters. The van der Waals surface area contributed by atoms with E-state index in [1.807, 2.05) is 43.2 Å². The number of thioether (sulfide) groups is 1. The molecule has 2 aromatic rings. The number of aromatic nitrogens is 1. The van der Waals surface area contributed by atoms with Crippen molar-refractivity contribution >= 4 is 23.6 Å². The van der Waals surface area contributed by atoms with Crippen LogP contribution in [0.15, 0.2) is 47.6 Å². The molecule has 1 aliphatic rings. The van der Waals surface area contributed by atoms with Crippen molar-refractivity contribution in [1.29, 1.82) is 0 Å². The van der Waals surface area contributed by atoms with E-state index in [1.165, 1.54) is 11.8 Å². The first-order valence-corrected chi connectivity index (χ1v) is 11.5. The third-order valence-electron chi connectivity index (χ3n) is 5.14. The minimum Gasteiger partial charge on any atom is -0.491 e. The molecule has 7 heteroatoms. The molecule has 1 saturated heterocycles. The second-order valence-electron chi connectivity index (χ2n) is 7.70. The molecule has 1 aromatic heterocycles. The largest absolute Gasteiger partial charge is 0.491 e. The highest BCUT2D eigenvalue weighted by Crippen LogP contribution is 2.23. The number of carbonyl (C=O) groups is 2. The number of amides is 2. The van der Waals surface area contributed by atoms with Gasteiger partial charge < -0.3 is 15.0 Å². The number of likely N-dealkylation sites (tertiary alicyclic amines) is 1. The van der Waals surface area contributed by atoms with Crippen molar-refractivity contribution in [3.05, 3.63) is 53.7 Å². The van der Waals surface area contributed by atoms with E-state index in [1.54, 1.807) is 24.4 Å². The Balaban J connectivity index is 1.46. The first-order chi connectivity index (χ1) is 14.5. The van der Waals surface area contributed by atoms with E-state index >= 15 is 0 Å². The summed E-state index contributed by atoms with van der Waals surface area (Å²) < 4.78 is 5.61. The van der Waals surface area contributed by atoms with Gasteiger partial charge in [0, 0.05) is 31.4 Å². The summed E-state index contributed by atoms with van der Waals surface area (Å²) >= 11 is 1.49. The molecule has 0 radical (unpaired) electrons. The number of hydrogen-bond acceptors (Lipinski definition) is 5. The van der Waals surface area contributed by atoms with Gasteiger partial charge in [-0.15, -0.1) is 11.8 Å². The van der Waals surface area contributed by atoms with Gasteiger partial charge in [-0.25, -0.2) is 4.98 Å². The van der Waals surface area contributed by atoms with E-state index in [0.717, 1.165) is 23.6 Å². The highest BCUT2D eigenvalue weighted by atomic mass is 32.2. The summed E-state index contributed by atoms with van der Waals surface area (Å²) in [6, 6.07) is 10.8. The number of nitrogens with one attached hydrogen (secondary N) is 1. The zero-order valence-corrected chi connectivity index (χ0v) is 18.6. The Kier molecular flexibility index (Phi) is 7.74. The average molecular weight is 428 g/mol. The standard InChI is InChI=1S/C23H29N3O3S/c1-16(2)29-19-8-6-18(7-9-19)21(27)25-15-17-10-13-26(14-11-17)23(28)20-5-4-12-24-22(20)30-3/h4-9,12,16-17H,10-11,13-15H2,1-3H3,(H,25,27). The first kappa shape index (κ1) is 22.2. The molecule has 2 heterocycles. The highest BCUT2D eigenvalue weighted by molar-refractivity contribution is 7.98. The van der Waals surface area contributed by atoms with Crippen LogP contribution in [0.3, 0.4) is 0 Å². The fourth-order valence-corrected chi connectivity index (χ4v) is 4.06. The van der Waals surface area contributed by atoms with Crippen molar-refractivity contribution in [2.24, 2.45) is 5.92 Å². The maximum Gasteiger partial charge on any atom is 0.256 e. The normalized spacial score (nSPS) is 14.6. The minimum absolute atomic E-state index is 0.0404. The Morgan fingerprint density at radius 2 is 1.90 bits per heavy atom. The summed E-state index contributed by atoms with van der Waals surface area (Å²) in [7, 11) is 0. The lowest BCUT2D eigenvalue weighted by molar-refractivity contribution is 0.0680. The number of hydrogen-bond donors (Lipinski definition) is 1. The molecular formula is C23H29N3O3S. The smallest absolute Gasteiger partial charge is 0.256 e. The minimum atomic E-state index is -0.0791. The molecule has 6 nitrogen and oxygen atoms in total. The summed E-state index contributed by atoms with van der Waals surface area (Å²) in [5, 5.41) is 3.79. The van der Waals surface area contributed by atoms with Crippen molar-refractivity contribution in [2.75, 3.05) is 25.9 Å². The lowest BCUT2D eigenvalue weighted by atomic mass is 9.96. The fraction of sp³-hybridized carbons (Fsp3) is 0.435. The molecule has 0 saturated carbocycles. The number of pyridine rings is 1. The molecule has 1 fully saturated rings. The molecule has 30 heavy (non-hydrogen) atoms. The molecule has 1 aromatic carbocycles. The Bertz CT molecular complexity index is 862. The van der Waals surface area contributed by atoms with Gasteiger partial charge in [-0.2, -0.15) is 0 Å². The van der Waals surface area contributed by atoms with Gasteiger partial charge in [0.05, 0.1) is 11.7 Å². The van der Waals surface area contributed by atoms with Gasteiger partial charge in [0.1, 0.15) is 10.8 Å². The number of nitrogens with zero attached hydrogens (tertiary/aromatic N) is 2. The van der Waals surface area contributed by atoms with Gasteiger partial charge >= 0.3 is 0 Å². The predicted octanol–water partition coefficient (Wildman–Crippen LogP) is 3.87. The maximum absolute atomic E-state index is 12.8. The van der Waals surface area contributed by atoms with Crippen LogP contribution >= 0.6 is 11.8 Å².